The van der Waals surface area contributed by atoms with Gasteiger partial charge in [0.1, 0.15) is 0 Å². The lowest BCUT2D eigenvalue weighted by atomic mass is 9.79. The number of carbonyl (C=O) groups excluding carboxylic acids is 1. The first-order chi connectivity index (χ1) is 9.70. The molecule has 1 aliphatic rings. The summed E-state index contributed by atoms with van der Waals surface area (Å²) in [4.78, 5) is 12.6. The highest BCUT2D eigenvalue weighted by atomic mass is 16.2. The minimum absolute atomic E-state index is 0.0380. The lowest BCUT2D eigenvalue weighted by Crippen LogP contribution is -2.42. The maximum atomic E-state index is 12.6. The largest absolute Gasteiger partial charge is 0.329 e. The van der Waals surface area contributed by atoms with Crippen molar-refractivity contribution >= 4 is 11.6 Å². The zero-order valence-electron chi connectivity index (χ0n) is 11.8. The van der Waals surface area contributed by atoms with Crippen LogP contribution in [0.3, 0.4) is 0 Å². The van der Waals surface area contributed by atoms with E-state index < -0.39 is 5.41 Å². The van der Waals surface area contributed by atoms with Crippen molar-refractivity contribution in [3.8, 4) is 12.3 Å². The molecule has 2 rings (SSSR count). The van der Waals surface area contributed by atoms with E-state index in [4.69, 9.17) is 12.2 Å². The Hall–Kier alpha value is -1.79. The molecule has 1 aromatic rings. The molecule has 0 aliphatic heterocycles. The number of terminal acetylenes is 1. The Kier molecular flexibility index (Phi) is 4.81. The van der Waals surface area contributed by atoms with E-state index in [1.807, 2.05) is 24.3 Å². The molecule has 0 radical (unpaired) electrons. The van der Waals surface area contributed by atoms with Gasteiger partial charge in [-0.25, -0.2) is 0 Å². The lowest BCUT2D eigenvalue weighted by Gasteiger charge is -2.29. The van der Waals surface area contributed by atoms with Crippen LogP contribution in [-0.4, -0.2) is 12.5 Å². The van der Waals surface area contributed by atoms with E-state index >= 15 is 0 Å². The molecule has 0 unspecified atom stereocenters. The van der Waals surface area contributed by atoms with Gasteiger partial charge in [0.05, 0.1) is 5.41 Å². The molecule has 1 aliphatic carbocycles. The van der Waals surface area contributed by atoms with E-state index in [1.165, 1.54) is 12.8 Å². The SMILES string of the molecule is C#Cc1cccc(NC(=O)C2(CN)CCCCCC2)c1. The van der Waals surface area contributed by atoms with Crippen LogP contribution in [0.4, 0.5) is 5.69 Å². The standard InChI is InChI=1S/C17H22N2O/c1-2-14-8-7-9-15(12-14)19-16(20)17(13-18)10-5-3-4-6-11-17/h1,7-9,12H,3-6,10-11,13,18H2,(H,19,20). The Morgan fingerprint density at radius 1 is 1.30 bits per heavy atom. The summed E-state index contributed by atoms with van der Waals surface area (Å²) in [5, 5.41) is 2.99. The van der Waals surface area contributed by atoms with Crippen molar-refractivity contribution in [1.82, 2.24) is 0 Å². The predicted molar refractivity (Wildman–Crippen MR) is 82.2 cm³/mol. The van der Waals surface area contributed by atoms with Crippen molar-refractivity contribution in [2.24, 2.45) is 11.1 Å². The van der Waals surface area contributed by atoms with Gasteiger partial charge in [-0.2, -0.15) is 0 Å². The summed E-state index contributed by atoms with van der Waals surface area (Å²) < 4.78 is 0. The van der Waals surface area contributed by atoms with E-state index in [2.05, 4.69) is 11.2 Å². The quantitative estimate of drug-likeness (QED) is 0.655. The smallest absolute Gasteiger partial charge is 0.231 e. The van der Waals surface area contributed by atoms with Gasteiger partial charge in [0, 0.05) is 17.8 Å². The Labute approximate surface area is 120 Å². The Morgan fingerprint density at radius 3 is 2.60 bits per heavy atom. The van der Waals surface area contributed by atoms with Crippen molar-refractivity contribution in [3.63, 3.8) is 0 Å². The summed E-state index contributed by atoms with van der Waals surface area (Å²) in [6.07, 6.45) is 11.7. The third-order valence-electron chi connectivity index (χ3n) is 4.22. The summed E-state index contributed by atoms with van der Waals surface area (Å²) in [6.45, 7) is 0.410. The maximum Gasteiger partial charge on any atom is 0.231 e. The summed E-state index contributed by atoms with van der Waals surface area (Å²) >= 11 is 0. The van der Waals surface area contributed by atoms with Crippen LogP contribution in [0.1, 0.15) is 44.1 Å². The van der Waals surface area contributed by atoms with Crippen molar-refractivity contribution in [2.45, 2.75) is 38.5 Å². The van der Waals surface area contributed by atoms with Gasteiger partial charge in [-0.3, -0.25) is 4.79 Å². The molecule has 0 heterocycles. The van der Waals surface area contributed by atoms with E-state index in [9.17, 15) is 4.79 Å². The van der Waals surface area contributed by atoms with E-state index in [-0.39, 0.29) is 5.91 Å². The second-order valence-electron chi connectivity index (χ2n) is 5.58. The van der Waals surface area contributed by atoms with E-state index in [0.717, 1.165) is 36.9 Å². The summed E-state index contributed by atoms with van der Waals surface area (Å²) in [5.74, 6) is 2.62. The third-order valence-corrected chi connectivity index (χ3v) is 4.22. The highest BCUT2D eigenvalue weighted by Crippen LogP contribution is 2.35. The van der Waals surface area contributed by atoms with Gasteiger partial charge in [0.25, 0.3) is 0 Å². The molecule has 0 aromatic heterocycles. The fraction of sp³-hybridized carbons (Fsp3) is 0.471. The molecular formula is C17H22N2O. The second-order valence-corrected chi connectivity index (χ2v) is 5.58. The number of nitrogens with one attached hydrogen (secondary N) is 1. The molecule has 0 bridgehead atoms. The Balaban J connectivity index is 2.14. The first-order valence-electron chi connectivity index (χ1n) is 7.28. The van der Waals surface area contributed by atoms with Gasteiger partial charge in [-0.1, -0.05) is 37.7 Å². The minimum atomic E-state index is -0.414. The Morgan fingerprint density at radius 2 is 2.00 bits per heavy atom. The number of hydrogen-bond donors (Lipinski definition) is 2. The molecular weight excluding hydrogens is 248 g/mol. The van der Waals surface area contributed by atoms with Gasteiger partial charge in [-0.15, -0.1) is 6.42 Å². The van der Waals surface area contributed by atoms with Crippen LogP contribution in [0.15, 0.2) is 24.3 Å². The molecule has 1 fully saturated rings. The van der Waals surface area contributed by atoms with Gasteiger partial charge < -0.3 is 11.1 Å². The molecule has 3 heteroatoms. The highest BCUT2D eigenvalue weighted by Gasteiger charge is 2.37. The summed E-state index contributed by atoms with van der Waals surface area (Å²) in [7, 11) is 0. The van der Waals surface area contributed by atoms with Crippen LogP contribution in [0.2, 0.25) is 0 Å². The van der Waals surface area contributed by atoms with Gasteiger partial charge >= 0.3 is 0 Å². The van der Waals surface area contributed by atoms with Crippen molar-refractivity contribution in [1.29, 1.82) is 0 Å². The first kappa shape index (κ1) is 14.6. The van der Waals surface area contributed by atoms with Gasteiger partial charge in [0.15, 0.2) is 0 Å². The third kappa shape index (κ3) is 3.20. The van der Waals surface area contributed by atoms with Crippen molar-refractivity contribution in [2.75, 3.05) is 11.9 Å². The Bertz CT molecular complexity index is 508. The van der Waals surface area contributed by atoms with Gasteiger partial charge in [-0.05, 0) is 31.0 Å². The predicted octanol–water partition coefficient (Wildman–Crippen LogP) is 2.91. The fourth-order valence-electron chi connectivity index (χ4n) is 2.88. The molecule has 0 saturated heterocycles. The first-order valence-corrected chi connectivity index (χ1v) is 7.28. The fourth-order valence-corrected chi connectivity index (χ4v) is 2.88. The molecule has 1 saturated carbocycles. The van der Waals surface area contributed by atoms with Crippen LogP contribution in [0.5, 0.6) is 0 Å². The molecule has 3 nitrogen and oxygen atoms in total. The summed E-state index contributed by atoms with van der Waals surface area (Å²) in [6, 6.07) is 7.38. The zero-order chi connectivity index (χ0) is 14.4. The van der Waals surface area contributed by atoms with Crippen LogP contribution < -0.4 is 11.1 Å². The van der Waals surface area contributed by atoms with Crippen LogP contribution in [-0.2, 0) is 4.79 Å². The van der Waals surface area contributed by atoms with Crippen molar-refractivity contribution in [3.05, 3.63) is 29.8 Å². The maximum absolute atomic E-state index is 12.6. The number of carbonyl (C=O) groups is 1. The summed E-state index contributed by atoms with van der Waals surface area (Å²) in [5.41, 5.74) is 7.03. The number of hydrogen-bond acceptors (Lipinski definition) is 2. The molecule has 3 N–H and O–H groups in total. The highest BCUT2D eigenvalue weighted by molar-refractivity contribution is 5.95. The number of anilines is 1. The molecule has 0 atom stereocenters. The average molecular weight is 270 g/mol. The molecule has 106 valence electrons. The van der Waals surface area contributed by atoms with Crippen LogP contribution in [0, 0.1) is 17.8 Å². The second kappa shape index (κ2) is 6.58. The molecule has 20 heavy (non-hydrogen) atoms. The number of amides is 1. The number of nitrogens with two attached hydrogens (primary N) is 1. The van der Waals surface area contributed by atoms with E-state index in [0.29, 0.717) is 6.54 Å². The average Bonchev–Trinajstić information content (AvgIpc) is 2.74. The minimum Gasteiger partial charge on any atom is -0.329 e. The zero-order valence-corrected chi connectivity index (χ0v) is 11.8. The van der Waals surface area contributed by atoms with Crippen LogP contribution >= 0.6 is 0 Å². The number of benzene rings is 1. The number of rotatable bonds is 3. The van der Waals surface area contributed by atoms with Crippen LogP contribution in [0.25, 0.3) is 0 Å². The molecule has 0 spiro atoms. The van der Waals surface area contributed by atoms with Crippen molar-refractivity contribution < 1.29 is 4.79 Å². The normalized spacial score (nSPS) is 17.8. The van der Waals surface area contributed by atoms with E-state index in [1.54, 1.807) is 0 Å². The van der Waals surface area contributed by atoms with Gasteiger partial charge in [0.2, 0.25) is 5.91 Å². The monoisotopic (exact) mass is 270 g/mol. The molecule has 1 aromatic carbocycles. The molecule has 1 amide bonds. The lowest BCUT2D eigenvalue weighted by molar-refractivity contribution is -0.125. The topological polar surface area (TPSA) is 55.1 Å².